The third kappa shape index (κ3) is 7.22. The lowest BCUT2D eigenvalue weighted by molar-refractivity contribution is -0.140. The number of nitrogens with zero attached hydrogens (tertiary/aromatic N) is 2. The molecule has 1 fully saturated rings. The van der Waals surface area contributed by atoms with E-state index in [9.17, 15) is 10.1 Å². The van der Waals surface area contributed by atoms with Crippen molar-refractivity contribution in [1.29, 1.82) is 5.26 Å². The summed E-state index contributed by atoms with van der Waals surface area (Å²) in [5.41, 5.74) is 1.09. The lowest BCUT2D eigenvalue weighted by Gasteiger charge is -2.42. The SMILES string of the molecule is CCCCC(CC)COC(=O)/C(C#N)=C1\CC(N(N)C(C)CC)CC(C)(C)C1. The third-order valence-corrected chi connectivity index (χ3v) is 6.15. The van der Waals surface area contributed by atoms with E-state index in [1.807, 2.05) is 5.01 Å². The predicted octanol–water partition coefficient (Wildman–Crippen LogP) is 5.12. The van der Waals surface area contributed by atoms with Crippen molar-refractivity contribution in [2.24, 2.45) is 17.2 Å². The summed E-state index contributed by atoms with van der Waals surface area (Å²) < 4.78 is 5.57. The van der Waals surface area contributed by atoms with E-state index in [1.54, 1.807) is 0 Å². The van der Waals surface area contributed by atoms with Gasteiger partial charge in [0.1, 0.15) is 11.6 Å². The summed E-state index contributed by atoms with van der Waals surface area (Å²) in [5, 5.41) is 11.6. The Morgan fingerprint density at radius 3 is 2.57 bits per heavy atom. The minimum absolute atomic E-state index is 0.00120. The molecule has 0 spiro atoms. The number of ether oxygens (including phenoxy) is 1. The highest BCUT2D eigenvalue weighted by molar-refractivity contribution is 5.93. The number of nitrogens with two attached hydrogens (primary N) is 1. The highest BCUT2D eigenvalue weighted by atomic mass is 16.5. The number of rotatable bonds is 10. The number of carbonyl (C=O) groups excluding carboxylic acids is 1. The Labute approximate surface area is 172 Å². The fourth-order valence-corrected chi connectivity index (χ4v) is 4.12. The molecule has 160 valence electrons. The van der Waals surface area contributed by atoms with E-state index in [0.717, 1.165) is 50.5 Å². The van der Waals surface area contributed by atoms with Crippen molar-refractivity contribution in [3.63, 3.8) is 0 Å². The van der Waals surface area contributed by atoms with E-state index in [1.165, 1.54) is 0 Å². The molecule has 1 aliphatic carbocycles. The molecule has 0 radical (unpaired) electrons. The monoisotopic (exact) mass is 391 g/mol. The van der Waals surface area contributed by atoms with Gasteiger partial charge in [-0.25, -0.2) is 9.80 Å². The molecule has 0 heterocycles. The van der Waals surface area contributed by atoms with Crippen LogP contribution < -0.4 is 5.84 Å². The van der Waals surface area contributed by atoms with Gasteiger partial charge in [-0.1, -0.05) is 53.9 Å². The van der Waals surface area contributed by atoms with Gasteiger partial charge in [0.15, 0.2) is 0 Å². The van der Waals surface area contributed by atoms with Crippen molar-refractivity contribution in [2.45, 2.75) is 105 Å². The number of hydrogen-bond acceptors (Lipinski definition) is 5. The zero-order valence-electron chi connectivity index (χ0n) is 18.9. The van der Waals surface area contributed by atoms with Crippen molar-refractivity contribution in [3.05, 3.63) is 11.1 Å². The van der Waals surface area contributed by atoms with E-state index in [-0.39, 0.29) is 23.1 Å². The van der Waals surface area contributed by atoms with Gasteiger partial charge in [0, 0.05) is 12.1 Å². The molecule has 28 heavy (non-hydrogen) atoms. The van der Waals surface area contributed by atoms with Gasteiger partial charge in [0.25, 0.3) is 0 Å². The molecule has 3 atom stereocenters. The molecule has 2 N–H and O–H groups in total. The molecule has 1 rings (SSSR count). The first-order chi connectivity index (χ1) is 13.2. The molecule has 0 bridgehead atoms. The lowest BCUT2D eigenvalue weighted by Crippen LogP contribution is -2.50. The second-order valence-corrected chi connectivity index (χ2v) is 9.21. The lowest BCUT2D eigenvalue weighted by atomic mass is 9.71. The number of hydrazine groups is 1. The second kappa shape index (κ2) is 11.6. The summed E-state index contributed by atoms with van der Waals surface area (Å²) in [7, 11) is 0. The Morgan fingerprint density at radius 2 is 2.04 bits per heavy atom. The first-order valence-corrected chi connectivity index (χ1v) is 11.0. The molecule has 0 aliphatic heterocycles. The van der Waals surface area contributed by atoms with Gasteiger partial charge in [0.2, 0.25) is 0 Å². The number of esters is 1. The zero-order chi connectivity index (χ0) is 21.3. The van der Waals surface area contributed by atoms with Crippen molar-refractivity contribution >= 4 is 5.97 Å². The van der Waals surface area contributed by atoms with E-state index in [4.69, 9.17) is 10.6 Å². The minimum Gasteiger partial charge on any atom is -0.461 e. The Hall–Kier alpha value is -1.38. The number of carbonyl (C=O) groups is 1. The first-order valence-electron chi connectivity index (χ1n) is 11.0. The van der Waals surface area contributed by atoms with E-state index in [0.29, 0.717) is 18.9 Å². The molecule has 3 unspecified atom stereocenters. The molecule has 5 nitrogen and oxygen atoms in total. The van der Waals surface area contributed by atoms with Crippen LogP contribution in [0.4, 0.5) is 0 Å². The maximum Gasteiger partial charge on any atom is 0.348 e. The van der Waals surface area contributed by atoms with Crippen LogP contribution in [0.1, 0.15) is 92.9 Å². The predicted molar refractivity (Wildman–Crippen MR) is 114 cm³/mol. The van der Waals surface area contributed by atoms with E-state index < -0.39 is 5.97 Å². The Bertz CT molecular complexity index is 577. The molecule has 0 aromatic heterocycles. The Morgan fingerprint density at radius 1 is 1.36 bits per heavy atom. The summed E-state index contributed by atoms with van der Waals surface area (Å²) in [6.45, 7) is 13.3. The van der Waals surface area contributed by atoms with Crippen LogP contribution in [0.25, 0.3) is 0 Å². The molecule has 1 aliphatic rings. The second-order valence-electron chi connectivity index (χ2n) is 9.21. The summed E-state index contributed by atoms with van der Waals surface area (Å²) in [5.74, 6) is 6.29. The van der Waals surface area contributed by atoms with Crippen LogP contribution in [0.2, 0.25) is 0 Å². The quantitative estimate of drug-likeness (QED) is 0.184. The maximum absolute atomic E-state index is 12.7. The fourth-order valence-electron chi connectivity index (χ4n) is 4.12. The van der Waals surface area contributed by atoms with E-state index >= 15 is 0 Å². The largest absolute Gasteiger partial charge is 0.461 e. The van der Waals surface area contributed by atoms with Gasteiger partial charge < -0.3 is 4.74 Å². The van der Waals surface area contributed by atoms with Crippen LogP contribution in [-0.4, -0.2) is 29.7 Å². The topological polar surface area (TPSA) is 79.4 Å². The maximum atomic E-state index is 12.7. The molecule has 0 aromatic rings. The first kappa shape index (κ1) is 24.7. The van der Waals surface area contributed by atoms with Crippen molar-refractivity contribution in [2.75, 3.05) is 6.61 Å². The highest BCUT2D eigenvalue weighted by Gasteiger charge is 2.36. The van der Waals surface area contributed by atoms with Gasteiger partial charge in [-0.3, -0.25) is 5.84 Å². The number of hydrogen-bond donors (Lipinski definition) is 1. The zero-order valence-corrected chi connectivity index (χ0v) is 18.9. The normalized spacial score (nSPS) is 23.0. The average molecular weight is 392 g/mol. The summed E-state index contributed by atoms with van der Waals surface area (Å²) in [6, 6.07) is 2.54. The van der Waals surface area contributed by atoms with Gasteiger partial charge in [-0.15, -0.1) is 0 Å². The minimum atomic E-state index is -0.462. The van der Waals surface area contributed by atoms with Gasteiger partial charge >= 0.3 is 5.97 Å². The molecule has 0 saturated heterocycles. The molecule has 0 amide bonds. The van der Waals surface area contributed by atoms with Crippen LogP contribution >= 0.6 is 0 Å². The fraction of sp³-hybridized carbons (Fsp3) is 0.826. The Kier molecular flexibility index (Phi) is 10.2. The molecular weight excluding hydrogens is 350 g/mol. The molecule has 1 saturated carbocycles. The summed E-state index contributed by atoms with van der Waals surface area (Å²) in [6.07, 6.45) is 7.65. The third-order valence-electron chi connectivity index (χ3n) is 6.15. The molecule has 0 aromatic carbocycles. The van der Waals surface area contributed by atoms with Crippen molar-refractivity contribution in [1.82, 2.24) is 5.01 Å². The van der Waals surface area contributed by atoms with Gasteiger partial charge in [-0.2, -0.15) is 5.26 Å². The molecular formula is C23H41N3O2. The van der Waals surface area contributed by atoms with Crippen LogP contribution in [0, 0.1) is 22.7 Å². The van der Waals surface area contributed by atoms with Crippen LogP contribution in [0.15, 0.2) is 11.1 Å². The number of nitriles is 1. The van der Waals surface area contributed by atoms with Gasteiger partial charge in [0.05, 0.1) is 6.61 Å². The standard InChI is InChI=1S/C23H41N3O2/c1-7-10-11-18(9-3)16-28-22(27)21(15-24)19-12-20(14-23(5,6)13-19)26(25)17(4)8-2/h17-18,20H,7-14,16,25H2,1-6H3/b21-19+. The van der Waals surface area contributed by atoms with Crippen molar-refractivity contribution in [3.8, 4) is 6.07 Å². The van der Waals surface area contributed by atoms with Gasteiger partial charge in [-0.05, 0) is 55.9 Å². The van der Waals surface area contributed by atoms with Crippen LogP contribution in [0.5, 0.6) is 0 Å². The molecule has 5 heteroatoms. The highest BCUT2D eigenvalue weighted by Crippen LogP contribution is 2.41. The van der Waals surface area contributed by atoms with Crippen LogP contribution in [-0.2, 0) is 9.53 Å². The van der Waals surface area contributed by atoms with Crippen molar-refractivity contribution < 1.29 is 9.53 Å². The smallest absolute Gasteiger partial charge is 0.348 e. The Balaban J connectivity index is 2.94. The number of unbranched alkanes of at least 4 members (excludes halogenated alkanes) is 1. The summed E-state index contributed by atoms with van der Waals surface area (Å²) >= 11 is 0. The van der Waals surface area contributed by atoms with E-state index in [2.05, 4.69) is 47.6 Å². The van der Waals surface area contributed by atoms with Crippen LogP contribution in [0.3, 0.4) is 0 Å². The average Bonchev–Trinajstić information content (AvgIpc) is 2.66. The summed E-state index contributed by atoms with van der Waals surface area (Å²) in [4.78, 5) is 12.7.